The normalized spacial score (nSPS) is 11.9. The quantitative estimate of drug-likeness (QED) is 0.492. The Morgan fingerprint density at radius 1 is 0.806 bits per heavy atom. The Bertz CT molecular complexity index is 1040. The van der Waals surface area contributed by atoms with Crippen molar-refractivity contribution in [2.24, 2.45) is 0 Å². The number of benzene rings is 3. The van der Waals surface area contributed by atoms with E-state index in [0.29, 0.717) is 31.6 Å². The summed E-state index contributed by atoms with van der Waals surface area (Å²) in [6.07, 6.45) is 0.346. The molecule has 1 heterocycles. The van der Waals surface area contributed by atoms with Gasteiger partial charge in [0, 0.05) is 41.4 Å². The molecule has 3 aromatic rings. The van der Waals surface area contributed by atoms with Crippen LogP contribution < -0.4 is 15.5 Å². The summed E-state index contributed by atoms with van der Waals surface area (Å²) < 4.78 is 0. The number of amides is 2. The van der Waals surface area contributed by atoms with Crippen LogP contribution in [-0.2, 0) is 4.79 Å². The Morgan fingerprint density at radius 2 is 1.39 bits per heavy atom. The Balaban J connectivity index is 1.27. The predicted octanol–water partition coefficient (Wildman–Crippen LogP) is 3.93. The van der Waals surface area contributed by atoms with Crippen molar-refractivity contribution in [1.82, 2.24) is 10.6 Å². The van der Waals surface area contributed by atoms with E-state index in [4.69, 9.17) is 0 Å². The minimum absolute atomic E-state index is 0.0629. The largest absolute Gasteiger partial charge is 0.508 e. The van der Waals surface area contributed by atoms with Crippen molar-refractivity contribution in [2.45, 2.75) is 16.2 Å². The topological polar surface area (TPSA) is 81.7 Å². The number of carbonyl (C=O) groups excluding carboxylic acids is 2. The minimum Gasteiger partial charge on any atom is -0.508 e. The molecule has 4 rings (SSSR count). The lowest BCUT2D eigenvalue weighted by Crippen LogP contribution is -2.36. The molecular formula is C24H23N3O3S. The van der Waals surface area contributed by atoms with E-state index >= 15 is 0 Å². The van der Waals surface area contributed by atoms with Crippen LogP contribution in [0.2, 0.25) is 0 Å². The Morgan fingerprint density at radius 3 is 2.03 bits per heavy atom. The number of nitrogens with one attached hydrogen (secondary N) is 2. The van der Waals surface area contributed by atoms with Crippen LogP contribution in [0.1, 0.15) is 16.8 Å². The summed E-state index contributed by atoms with van der Waals surface area (Å²) in [6.45, 7) is 1.25. The van der Waals surface area contributed by atoms with Crippen LogP contribution in [0.4, 0.5) is 11.4 Å². The first-order valence-electron chi connectivity index (χ1n) is 10.1. The second kappa shape index (κ2) is 9.57. The smallest absolute Gasteiger partial charge is 0.251 e. The van der Waals surface area contributed by atoms with Crippen LogP contribution in [0.3, 0.4) is 0 Å². The first-order valence-corrected chi connectivity index (χ1v) is 10.9. The highest BCUT2D eigenvalue weighted by atomic mass is 32.2. The lowest BCUT2D eigenvalue weighted by molar-refractivity contribution is -0.120. The summed E-state index contributed by atoms with van der Waals surface area (Å²) in [6, 6.07) is 22.5. The molecule has 158 valence electrons. The second-order valence-electron chi connectivity index (χ2n) is 7.09. The fourth-order valence-corrected chi connectivity index (χ4v) is 4.51. The fraction of sp³-hybridized carbons (Fsp3) is 0.167. The monoisotopic (exact) mass is 433 g/mol. The van der Waals surface area contributed by atoms with Gasteiger partial charge in [-0.05, 0) is 48.5 Å². The lowest BCUT2D eigenvalue weighted by Gasteiger charge is -2.32. The van der Waals surface area contributed by atoms with Crippen molar-refractivity contribution in [3.05, 3.63) is 78.4 Å². The Labute approximate surface area is 185 Å². The molecule has 0 unspecified atom stereocenters. The number of nitrogens with zero attached hydrogens (tertiary/aromatic N) is 1. The number of phenolic OH excluding ortho intramolecular Hbond substituents is 1. The van der Waals surface area contributed by atoms with E-state index in [0.717, 1.165) is 11.4 Å². The van der Waals surface area contributed by atoms with E-state index in [-0.39, 0.29) is 17.6 Å². The highest BCUT2D eigenvalue weighted by molar-refractivity contribution is 7.99. The molecule has 1 aliphatic heterocycles. The third-order valence-corrected chi connectivity index (χ3v) is 6.09. The zero-order valence-electron chi connectivity index (χ0n) is 16.9. The zero-order chi connectivity index (χ0) is 21.6. The van der Waals surface area contributed by atoms with E-state index in [9.17, 15) is 14.7 Å². The third kappa shape index (κ3) is 5.00. The molecule has 7 heteroatoms. The van der Waals surface area contributed by atoms with Crippen molar-refractivity contribution in [3.8, 4) is 5.75 Å². The second-order valence-corrected chi connectivity index (χ2v) is 8.18. The van der Waals surface area contributed by atoms with Gasteiger partial charge in [-0.3, -0.25) is 9.59 Å². The number of fused-ring (bicyclic) bond motifs is 2. The highest BCUT2D eigenvalue weighted by Gasteiger charge is 2.23. The number of rotatable bonds is 7. The molecule has 0 aromatic heterocycles. The fourth-order valence-electron chi connectivity index (χ4n) is 3.42. The van der Waals surface area contributed by atoms with Crippen LogP contribution in [-0.4, -0.2) is 36.6 Å². The molecule has 0 saturated heterocycles. The Hall–Kier alpha value is -3.45. The molecule has 2 amide bonds. The molecule has 3 N–H and O–H groups in total. The maximum absolute atomic E-state index is 12.4. The first kappa shape index (κ1) is 20.8. The van der Waals surface area contributed by atoms with Gasteiger partial charge in [0.2, 0.25) is 5.91 Å². The SMILES string of the molecule is O=C(CCN1c2ccccc2Sc2ccccc21)NCCNC(=O)c1ccc(O)cc1. The summed E-state index contributed by atoms with van der Waals surface area (Å²) in [5, 5.41) is 14.9. The van der Waals surface area contributed by atoms with E-state index in [2.05, 4.69) is 39.8 Å². The van der Waals surface area contributed by atoms with Crippen LogP contribution >= 0.6 is 11.8 Å². The Kier molecular flexibility index (Phi) is 6.43. The number of para-hydroxylation sites is 2. The minimum atomic E-state index is -0.242. The van der Waals surface area contributed by atoms with Gasteiger partial charge in [0.05, 0.1) is 11.4 Å². The average molecular weight is 434 g/mol. The molecule has 0 saturated carbocycles. The van der Waals surface area contributed by atoms with Crippen LogP contribution in [0.25, 0.3) is 0 Å². The standard InChI is InChI=1S/C24H23N3O3S/c28-18-11-9-17(10-12-18)24(30)26-15-14-25-23(29)13-16-27-19-5-1-3-7-21(19)31-22-8-4-2-6-20(22)27/h1-12,28H,13-16H2,(H,25,29)(H,26,30). The molecule has 31 heavy (non-hydrogen) atoms. The maximum Gasteiger partial charge on any atom is 0.251 e. The van der Waals surface area contributed by atoms with Crippen LogP contribution in [0.15, 0.2) is 82.6 Å². The predicted molar refractivity (Wildman–Crippen MR) is 122 cm³/mol. The first-order chi connectivity index (χ1) is 15.1. The van der Waals surface area contributed by atoms with Crippen molar-refractivity contribution >= 4 is 35.0 Å². The molecule has 1 aliphatic rings. The number of aromatic hydroxyl groups is 1. The van der Waals surface area contributed by atoms with Gasteiger partial charge in [0.1, 0.15) is 5.75 Å². The molecule has 6 nitrogen and oxygen atoms in total. The zero-order valence-corrected chi connectivity index (χ0v) is 17.7. The average Bonchev–Trinajstić information content (AvgIpc) is 2.79. The lowest BCUT2D eigenvalue weighted by atomic mass is 10.2. The molecule has 0 atom stereocenters. The summed E-state index contributed by atoms with van der Waals surface area (Å²) in [5.41, 5.74) is 2.68. The van der Waals surface area contributed by atoms with Gasteiger partial charge < -0.3 is 20.6 Å². The highest BCUT2D eigenvalue weighted by Crippen LogP contribution is 2.47. The van der Waals surface area contributed by atoms with Crippen LogP contribution in [0, 0.1) is 0 Å². The number of anilines is 2. The van der Waals surface area contributed by atoms with Gasteiger partial charge in [-0.25, -0.2) is 0 Å². The van der Waals surface area contributed by atoms with E-state index in [1.54, 1.807) is 23.9 Å². The molecular weight excluding hydrogens is 410 g/mol. The van der Waals surface area contributed by atoms with Crippen LogP contribution in [0.5, 0.6) is 5.75 Å². The van der Waals surface area contributed by atoms with Gasteiger partial charge >= 0.3 is 0 Å². The molecule has 0 spiro atoms. The van der Waals surface area contributed by atoms with Gasteiger partial charge in [-0.1, -0.05) is 36.0 Å². The van der Waals surface area contributed by atoms with Gasteiger partial charge in [-0.15, -0.1) is 0 Å². The third-order valence-electron chi connectivity index (χ3n) is 4.96. The van der Waals surface area contributed by atoms with Crippen molar-refractivity contribution in [2.75, 3.05) is 24.5 Å². The van der Waals surface area contributed by atoms with E-state index < -0.39 is 0 Å². The maximum atomic E-state index is 12.4. The number of phenols is 1. The van der Waals surface area contributed by atoms with E-state index in [1.165, 1.54) is 21.9 Å². The molecule has 3 aromatic carbocycles. The van der Waals surface area contributed by atoms with Crippen molar-refractivity contribution < 1.29 is 14.7 Å². The summed E-state index contributed by atoms with van der Waals surface area (Å²) in [7, 11) is 0. The molecule has 0 aliphatic carbocycles. The number of carbonyl (C=O) groups is 2. The summed E-state index contributed by atoms with van der Waals surface area (Å²) >= 11 is 1.74. The summed E-state index contributed by atoms with van der Waals surface area (Å²) in [4.78, 5) is 29.0. The van der Waals surface area contributed by atoms with Gasteiger partial charge in [0.25, 0.3) is 5.91 Å². The summed E-state index contributed by atoms with van der Waals surface area (Å²) in [5.74, 6) is -0.193. The van der Waals surface area contributed by atoms with E-state index in [1.807, 2.05) is 24.3 Å². The molecule has 0 bridgehead atoms. The number of hydrogen-bond donors (Lipinski definition) is 3. The molecule has 0 radical (unpaired) electrons. The number of hydrogen-bond acceptors (Lipinski definition) is 5. The van der Waals surface area contributed by atoms with Crippen molar-refractivity contribution in [3.63, 3.8) is 0 Å². The van der Waals surface area contributed by atoms with Gasteiger partial charge in [0.15, 0.2) is 0 Å². The van der Waals surface area contributed by atoms with Crippen molar-refractivity contribution in [1.29, 1.82) is 0 Å². The molecule has 0 fully saturated rings. The van der Waals surface area contributed by atoms with Gasteiger partial charge in [-0.2, -0.15) is 0 Å².